The van der Waals surface area contributed by atoms with Crippen molar-refractivity contribution >= 4 is 11.6 Å². The van der Waals surface area contributed by atoms with E-state index in [1.807, 2.05) is 42.5 Å². The first-order valence-corrected chi connectivity index (χ1v) is 10.8. The van der Waals surface area contributed by atoms with Crippen molar-refractivity contribution in [3.63, 3.8) is 0 Å². The zero-order chi connectivity index (χ0) is 23.2. The van der Waals surface area contributed by atoms with E-state index in [1.54, 1.807) is 31.0 Å². The third kappa shape index (κ3) is 3.10. The van der Waals surface area contributed by atoms with Gasteiger partial charge in [0.2, 0.25) is 5.95 Å². The first-order chi connectivity index (χ1) is 16.7. The Labute approximate surface area is 195 Å². The first kappa shape index (κ1) is 20.3. The Balaban J connectivity index is 1.64. The Hall–Kier alpha value is -4.33. The van der Waals surface area contributed by atoms with Gasteiger partial charge in [-0.1, -0.05) is 24.3 Å². The molecule has 0 unspecified atom stereocenters. The van der Waals surface area contributed by atoms with Crippen molar-refractivity contribution in [3.8, 4) is 17.2 Å². The molecule has 2 aliphatic heterocycles. The van der Waals surface area contributed by atoms with Crippen molar-refractivity contribution in [1.29, 1.82) is 0 Å². The summed E-state index contributed by atoms with van der Waals surface area (Å²) in [6.07, 6.45) is 0.973. The molecule has 170 valence electrons. The molecule has 6 rings (SSSR count). The number of rotatable bonds is 4. The number of aromatic nitrogens is 3. The molecule has 4 aromatic rings. The van der Waals surface area contributed by atoms with Crippen LogP contribution >= 0.6 is 0 Å². The number of hydrogen-bond acceptors (Lipinski definition) is 6. The number of halogens is 1. The summed E-state index contributed by atoms with van der Waals surface area (Å²) in [5.41, 5.74) is 4.37. The van der Waals surface area contributed by atoms with E-state index in [-0.39, 0.29) is 11.9 Å². The summed E-state index contributed by atoms with van der Waals surface area (Å²) in [6.45, 7) is 0. The summed E-state index contributed by atoms with van der Waals surface area (Å²) < 4.78 is 33.5. The summed E-state index contributed by atoms with van der Waals surface area (Å²) in [4.78, 5) is 4.42. The average Bonchev–Trinajstić information content (AvgIpc) is 3.35. The van der Waals surface area contributed by atoms with Gasteiger partial charge in [0, 0.05) is 16.7 Å². The molecule has 0 saturated carbocycles. The van der Waals surface area contributed by atoms with Crippen LogP contribution in [0.2, 0.25) is 0 Å². The molecule has 1 N–H and O–H groups in total. The number of benzene rings is 3. The second kappa shape index (κ2) is 7.91. The molecule has 0 amide bonds. The molecule has 8 heteroatoms. The van der Waals surface area contributed by atoms with Crippen molar-refractivity contribution < 1.29 is 18.6 Å². The number of nitrogens with zero attached hydrogens (tertiary/aromatic N) is 3. The van der Waals surface area contributed by atoms with Crippen LogP contribution in [0, 0.1) is 5.82 Å². The maximum absolute atomic E-state index is 13.8. The fourth-order valence-electron chi connectivity index (χ4n) is 4.69. The second-order valence-corrected chi connectivity index (χ2v) is 8.04. The van der Waals surface area contributed by atoms with Crippen molar-refractivity contribution in [2.24, 2.45) is 0 Å². The largest absolute Gasteiger partial charge is 0.497 e. The topological polar surface area (TPSA) is 70.4 Å². The van der Waals surface area contributed by atoms with Gasteiger partial charge in [-0.15, -0.1) is 0 Å². The number of fused-ring (bicyclic) bond motifs is 3. The van der Waals surface area contributed by atoms with E-state index in [4.69, 9.17) is 14.2 Å². The SMILES string of the molecule is COc1ccc(OC)c([C@H]2Oc3ccccc3C3=C2[C@@H](c2ccc(F)cc2)n2ncnc2N3)c1. The van der Waals surface area contributed by atoms with Gasteiger partial charge in [0.1, 0.15) is 35.4 Å². The summed E-state index contributed by atoms with van der Waals surface area (Å²) in [5.74, 6) is 2.38. The smallest absolute Gasteiger partial charge is 0.226 e. The molecular weight excluding hydrogens is 435 g/mol. The van der Waals surface area contributed by atoms with Crippen LogP contribution in [-0.4, -0.2) is 29.0 Å². The van der Waals surface area contributed by atoms with Gasteiger partial charge in [-0.2, -0.15) is 10.1 Å². The molecule has 1 aromatic heterocycles. The highest BCUT2D eigenvalue weighted by atomic mass is 19.1. The van der Waals surface area contributed by atoms with Crippen LogP contribution < -0.4 is 19.5 Å². The van der Waals surface area contributed by atoms with E-state index in [0.29, 0.717) is 17.4 Å². The number of methoxy groups -OCH3 is 2. The third-order valence-corrected chi connectivity index (χ3v) is 6.23. The van der Waals surface area contributed by atoms with Gasteiger partial charge in [0.05, 0.1) is 19.9 Å². The second-order valence-electron chi connectivity index (χ2n) is 8.04. The summed E-state index contributed by atoms with van der Waals surface area (Å²) in [5, 5.41) is 7.95. The van der Waals surface area contributed by atoms with E-state index in [2.05, 4.69) is 15.4 Å². The number of anilines is 1. The zero-order valence-corrected chi connectivity index (χ0v) is 18.5. The van der Waals surface area contributed by atoms with E-state index < -0.39 is 6.10 Å². The minimum absolute atomic E-state index is 0.304. The molecule has 0 spiro atoms. The quantitative estimate of drug-likeness (QED) is 0.466. The Bertz CT molecular complexity index is 1410. The van der Waals surface area contributed by atoms with Crippen molar-refractivity contribution in [1.82, 2.24) is 14.8 Å². The van der Waals surface area contributed by atoms with Gasteiger partial charge in [0.25, 0.3) is 0 Å². The van der Waals surface area contributed by atoms with Gasteiger partial charge in [-0.05, 0) is 48.0 Å². The van der Waals surface area contributed by atoms with E-state index >= 15 is 0 Å². The minimum atomic E-state index is -0.533. The molecule has 0 aliphatic carbocycles. The molecule has 0 bridgehead atoms. The lowest BCUT2D eigenvalue weighted by atomic mass is 9.84. The van der Waals surface area contributed by atoms with Crippen molar-refractivity contribution in [3.05, 3.63) is 101 Å². The normalized spacial score (nSPS) is 18.2. The lowest BCUT2D eigenvalue weighted by molar-refractivity contribution is 0.217. The maximum atomic E-state index is 13.8. The number of nitrogens with one attached hydrogen (secondary N) is 1. The Kier molecular flexibility index (Phi) is 4.72. The standard InChI is InChI=1S/C26H21FN4O3/c1-32-17-11-12-20(33-2)19(13-17)25-22-23(18-5-3-4-6-21(18)34-25)30-26-28-14-29-31(26)24(22)15-7-9-16(27)10-8-15/h3-14,24-25H,1-2H3,(H,28,29,30)/t24-,25-/m1/s1. The highest BCUT2D eigenvalue weighted by molar-refractivity contribution is 5.85. The number of para-hydroxylation sites is 1. The van der Waals surface area contributed by atoms with Crippen molar-refractivity contribution in [2.45, 2.75) is 12.1 Å². The van der Waals surface area contributed by atoms with Gasteiger partial charge in [-0.3, -0.25) is 0 Å². The Morgan fingerprint density at radius 3 is 2.62 bits per heavy atom. The lowest BCUT2D eigenvalue weighted by Gasteiger charge is -2.39. The first-order valence-electron chi connectivity index (χ1n) is 10.8. The molecule has 7 nitrogen and oxygen atoms in total. The molecule has 0 saturated heterocycles. The van der Waals surface area contributed by atoms with Crippen LogP contribution in [0.5, 0.6) is 17.2 Å². The highest BCUT2D eigenvalue weighted by Crippen LogP contribution is 2.52. The zero-order valence-electron chi connectivity index (χ0n) is 18.5. The van der Waals surface area contributed by atoms with E-state index in [0.717, 1.165) is 33.7 Å². The molecule has 3 aromatic carbocycles. The lowest BCUT2D eigenvalue weighted by Crippen LogP contribution is -2.32. The van der Waals surface area contributed by atoms with E-state index in [1.165, 1.54) is 18.5 Å². The fraction of sp³-hybridized carbons (Fsp3) is 0.154. The maximum Gasteiger partial charge on any atom is 0.226 e. The summed E-state index contributed by atoms with van der Waals surface area (Å²) >= 11 is 0. The van der Waals surface area contributed by atoms with Gasteiger partial charge < -0.3 is 19.5 Å². The predicted molar refractivity (Wildman–Crippen MR) is 124 cm³/mol. The minimum Gasteiger partial charge on any atom is -0.497 e. The van der Waals surface area contributed by atoms with Crippen LogP contribution in [0.1, 0.15) is 28.8 Å². The van der Waals surface area contributed by atoms with Gasteiger partial charge in [-0.25, -0.2) is 9.07 Å². The molecule has 2 aliphatic rings. The molecule has 0 fully saturated rings. The number of hydrogen-bond donors (Lipinski definition) is 1. The van der Waals surface area contributed by atoms with Gasteiger partial charge >= 0.3 is 0 Å². The molecule has 0 radical (unpaired) electrons. The van der Waals surface area contributed by atoms with Crippen LogP contribution in [0.25, 0.3) is 5.70 Å². The molecule has 3 heterocycles. The third-order valence-electron chi connectivity index (χ3n) is 6.23. The monoisotopic (exact) mass is 456 g/mol. The Morgan fingerprint density at radius 1 is 1.00 bits per heavy atom. The predicted octanol–water partition coefficient (Wildman–Crippen LogP) is 4.99. The van der Waals surface area contributed by atoms with Crippen LogP contribution in [-0.2, 0) is 0 Å². The van der Waals surface area contributed by atoms with Gasteiger partial charge in [0.15, 0.2) is 6.10 Å². The van der Waals surface area contributed by atoms with Crippen molar-refractivity contribution in [2.75, 3.05) is 19.5 Å². The van der Waals surface area contributed by atoms with Crippen LogP contribution in [0.3, 0.4) is 0 Å². The molecule has 2 atom stereocenters. The average molecular weight is 456 g/mol. The van der Waals surface area contributed by atoms with E-state index in [9.17, 15) is 4.39 Å². The number of ether oxygens (including phenoxy) is 3. The van der Waals surface area contributed by atoms with Crippen LogP contribution in [0.4, 0.5) is 10.3 Å². The molecule has 34 heavy (non-hydrogen) atoms. The molecular formula is C26H21FN4O3. The highest BCUT2D eigenvalue weighted by Gasteiger charge is 2.41. The van der Waals surface area contributed by atoms with Crippen LogP contribution in [0.15, 0.2) is 78.6 Å². The Morgan fingerprint density at radius 2 is 1.82 bits per heavy atom. The summed E-state index contributed by atoms with van der Waals surface area (Å²) in [6, 6.07) is 19.5. The summed E-state index contributed by atoms with van der Waals surface area (Å²) in [7, 11) is 3.25. The fourth-order valence-corrected chi connectivity index (χ4v) is 4.69.